The maximum Gasteiger partial charge on any atom is 0.338 e. The minimum Gasteiger partial charge on any atom is -0.462 e. The van der Waals surface area contributed by atoms with Crippen LogP contribution in [0.15, 0.2) is 42.5 Å². The van der Waals surface area contributed by atoms with E-state index in [1.165, 1.54) is 12.1 Å². The molecule has 2 aromatic carbocycles. The maximum atomic E-state index is 13.0. The number of esters is 1. The van der Waals surface area contributed by atoms with Gasteiger partial charge in [0, 0.05) is 12.7 Å². The summed E-state index contributed by atoms with van der Waals surface area (Å²) in [5.74, 6) is -0.696. The highest BCUT2D eigenvalue weighted by Gasteiger charge is 2.12. The zero-order valence-corrected chi connectivity index (χ0v) is 12.0. The van der Waals surface area contributed by atoms with Crippen LogP contribution in [0, 0.1) is 5.82 Å². The van der Waals surface area contributed by atoms with E-state index in [2.05, 4.69) is 0 Å². The minimum atomic E-state index is -0.403. The first-order valence-electron chi connectivity index (χ1n) is 6.59. The van der Waals surface area contributed by atoms with E-state index in [0.29, 0.717) is 17.9 Å². The van der Waals surface area contributed by atoms with Crippen LogP contribution in [0.25, 0.3) is 0 Å². The van der Waals surface area contributed by atoms with Crippen LogP contribution < -0.4 is 10.6 Å². The Labute approximate surface area is 122 Å². The highest BCUT2D eigenvalue weighted by molar-refractivity contribution is 5.92. The Bertz CT molecular complexity index is 641. The van der Waals surface area contributed by atoms with E-state index in [0.717, 1.165) is 11.4 Å². The number of nitrogens with zero attached hydrogens (tertiary/aromatic N) is 1. The molecule has 21 heavy (non-hydrogen) atoms. The van der Waals surface area contributed by atoms with Gasteiger partial charge in [0.1, 0.15) is 5.82 Å². The molecule has 0 bridgehead atoms. The van der Waals surface area contributed by atoms with Gasteiger partial charge in [-0.25, -0.2) is 9.18 Å². The van der Waals surface area contributed by atoms with Crippen LogP contribution in [0.3, 0.4) is 0 Å². The van der Waals surface area contributed by atoms with Gasteiger partial charge in [-0.2, -0.15) is 0 Å². The molecule has 2 aromatic rings. The highest BCUT2D eigenvalue weighted by atomic mass is 19.1. The van der Waals surface area contributed by atoms with E-state index in [1.54, 1.807) is 37.3 Å². The molecule has 2 rings (SSSR count). The largest absolute Gasteiger partial charge is 0.462 e. The van der Waals surface area contributed by atoms with Crippen LogP contribution in [0.5, 0.6) is 0 Å². The predicted molar refractivity (Wildman–Crippen MR) is 81.3 cm³/mol. The molecule has 110 valence electrons. The van der Waals surface area contributed by atoms with E-state index < -0.39 is 5.97 Å². The fourth-order valence-corrected chi connectivity index (χ4v) is 2.01. The van der Waals surface area contributed by atoms with Crippen molar-refractivity contribution in [3.05, 3.63) is 53.8 Å². The molecule has 0 aliphatic heterocycles. The Hall–Kier alpha value is -2.56. The summed E-state index contributed by atoms with van der Waals surface area (Å²) < 4.78 is 17.9. The van der Waals surface area contributed by atoms with Crippen molar-refractivity contribution in [1.29, 1.82) is 0 Å². The summed E-state index contributed by atoms with van der Waals surface area (Å²) in [5.41, 5.74) is 8.39. The van der Waals surface area contributed by atoms with Crippen LogP contribution in [-0.2, 0) is 4.74 Å². The summed E-state index contributed by atoms with van der Waals surface area (Å²) in [5, 5.41) is 0. The molecule has 0 aliphatic carbocycles. The molecule has 0 amide bonds. The van der Waals surface area contributed by atoms with Crippen LogP contribution >= 0.6 is 0 Å². The van der Waals surface area contributed by atoms with Crippen LogP contribution in [0.1, 0.15) is 17.3 Å². The van der Waals surface area contributed by atoms with Gasteiger partial charge in [-0.1, -0.05) is 0 Å². The van der Waals surface area contributed by atoms with Gasteiger partial charge in [-0.15, -0.1) is 0 Å². The van der Waals surface area contributed by atoms with Gasteiger partial charge in [-0.3, -0.25) is 0 Å². The first-order valence-corrected chi connectivity index (χ1v) is 6.59. The van der Waals surface area contributed by atoms with E-state index in [9.17, 15) is 9.18 Å². The number of halogens is 1. The lowest BCUT2D eigenvalue weighted by molar-refractivity contribution is 0.0526. The number of hydrogen-bond acceptors (Lipinski definition) is 4. The second-order valence-electron chi connectivity index (χ2n) is 4.53. The standard InChI is InChI=1S/C16H17FN2O2/c1-3-21-16(20)11-4-9-15(14(18)10-11)19(2)13-7-5-12(17)6-8-13/h4-10H,3,18H2,1-2H3. The van der Waals surface area contributed by atoms with Gasteiger partial charge in [-0.05, 0) is 49.4 Å². The third-order valence-electron chi connectivity index (χ3n) is 3.11. The fourth-order valence-electron chi connectivity index (χ4n) is 2.01. The molecule has 0 saturated heterocycles. The molecule has 0 atom stereocenters. The van der Waals surface area contributed by atoms with Crippen molar-refractivity contribution in [3.8, 4) is 0 Å². The van der Waals surface area contributed by atoms with Crippen molar-refractivity contribution < 1.29 is 13.9 Å². The van der Waals surface area contributed by atoms with E-state index in [-0.39, 0.29) is 5.82 Å². The van der Waals surface area contributed by atoms with Crippen molar-refractivity contribution in [2.24, 2.45) is 0 Å². The quantitative estimate of drug-likeness (QED) is 0.692. The average molecular weight is 288 g/mol. The number of benzene rings is 2. The number of carbonyl (C=O) groups is 1. The summed E-state index contributed by atoms with van der Waals surface area (Å²) in [6, 6.07) is 11.1. The lowest BCUT2D eigenvalue weighted by Gasteiger charge is -2.21. The zero-order valence-electron chi connectivity index (χ0n) is 12.0. The third-order valence-corrected chi connectivity index (χ3v) is 3.11. The lowest BCUT2D eigenvalue weighted by Crippen LogP contribution is -2.13. The second kappa shape index (κ2) is 6.26. The summed E-state index contributed by atoms with van der Waals surface area (Å²) in [7, 11) is 1.82. The molecule has 0 unspecified atom stereocenters. The average Bonchev–Trinajstić information content (AvgIpc) is 2.47. The Kier molecular flexibility index (Phi) is 4.42. The molecule has 0 radical (unpaired) electrons. The highest BCUT2D eigenvalue weighted by Crippen LogP contribution is 2.29. The number of nitrogens with two attached hydrogens (primary N) is 1. The van der Waals surface area contributed by atoms with Gasteiger partial charge in [0.15, 0.2) is 0 Å². The topological polar surface area (TPSA) is 55.6 Å². The molecular formula is C16H17FN2O2. The first kappa shape index (κ1) is 14.8. The summed E-state index contributed by atoms with van der Waals surface area (Å²) >= 11 is 0. The Morgan fingerprint density at radius 2 is 1.90 bits per heavy atom. The Morgan fingerprint density at radius 3 is 2.48 bits per heavy atom. The van der Waals surface area contributed by atoms with Gasteiger partial charge in [0.25, 0.3) is 0 Å². The van der Waals surface area contributed by atoms with Crippen LogP contribution in [0.2, 0.25) is 0 Å². The monoisotopic (exact) mass is 288 g/mol. The number of rotatable bonds is 4. The van der Waals surface area contributed by atoms with Crippen LogP contribution in [-0.4, -0.2) is 19.6 Å². The SMILES string of the molecule is CCOC(=O)c1ccc(N(C)c2ccc(F)cc2)c(N)c1. The number of nitrogen functional groups attached to an aromatic ring is 1. The third kappa shape index (κ3) is 3.31. The van der Waals surface area contributed by atoms with Crippen molar-refractivity contribution in [2.45, 2.75) is 6.92 Å². The zero-order chi connectivity index (χ0) is 15.4. The van der Waals surface area contributed by atoms with Gasteiger partial charge >= 0.3 is 5.97 Å². The molecular weight excluding hydrogens is 271 g/mol. The number of ether oxygens (including phenoxy) is 1. The van der Waals surface area contributed by atoms with E-state index in [4.69, 9.17) is 10.5 Å². The smallest absolute Gasteiger partial charge is 0.338 e. The molecule has 4 nitrogen and oxygen atoms in total. The van der Waals surface area contributed by atoms with Gasteiger partial charge in [0.2, 0.25) is 0 Å². The minimum absolute atomic E-state index is 0.294. The Morgan fingerprint density at radius 1 is 1.24 bits per heavy atom. The van der Waals surface area contributed by atoms with Crippen LogP contribution in [0.4, 0.5) is 21.5 Å². The van der Waals surface area contributed by atoms with Crippen molar-refractivity contribution in [1.82, 2.24) is 0 Å². The van der Waals surface area contributed by atoms with Gasteiger partial charge < -0.3 is 15.4 Å². The maximum absolute atomic E-state index is 13.0. The molecule has 5 heteroatoms. The second-order valence-corrected chi connectivity index (χ2v) is 4.53. The number of anilines is 3. The molecule has 0 heterocycles. The molecule has 0 spiro atoms. The summed E-state index contributed by atoms with van der Waals surface area (Å²) in [4.78, 5) is 13.5. The molecule has 0 aromatic heterocycles. The lowest BCUT2D eigenvalue weighted by atomic mass is 10.1. The predicted octanol–water partition coefficient (Wildman–Crippen LogP) is 3.35. The van der Waals surface area contributed by atoms with E-state index in [1.807, 2.05) is 11.9 Å². The molecule has 0 fully saturated rings. The fraction of sp³-hybridized carbons (Fsp3) is 0.188. The number of carbonyl (C=O) groups excluding carboxylic acids is 1. The normalized spacial score (nSPS) is 10.2. The van der Waals surface area contributed by atoms with Crippen molar-refractivity contribution in [2.75, 3.05) is 24.3 Å². The Balaban J connectivity index is 2.28. The number of hydrogen-bond donors (Lipinski definition) is 1. The summed E-state index contributed by atoms with van der Waals surface area (Å²) in [6.07, 6.45) is 0. The summed E-state index contributed by atoms with van der Waals surface area (Å²) in [6.45, 7) is 2.06. The van der Waals surface area contributed by atoms with Gasteiger partial charge in [0.05, 0.1) is 23.5 Å². The molecule has 0 aliphatic rings. The van der Waals surface area contributed by atoms with Crippen molar-refractivity contribution >= 4 is 23.0 Å². The first-order chi connectivity index (χ1) is 10.0. The molecule has 0 saturated carbocycles. The van der Waals surface area contributed by atoms with E-state index >= 15 is 0 Å². The van der Waals surface area contributed by atoms with Crippen molar-refractivity contribution in [3.63, 3.8) is 0 Å². The molecule has 2 N–H and O–H groups in total.